The van der Waals surface area contributed by atoms with Gasteiger partial charge in [-0.1, -0.05) is 322 Å². The van der Waals surface area contributed by atoms with Crippen molar-refractivity contribution < 1.29 is 40.7 Å². The van der Waals surface area contributed by atoms with Crippen LogP contribution < -0.4 is 27.1 Å². The summed E-state index contributed by atoms with van der Waals surface area (Å²) in [6, 6.07) is 27.5. The Kier molecular flexibility index (Phi) is 29.0. The molecule has 0 spiro atoms. The predicted molar refractivity (Wildman–Crippen MR) is 470 cm³/mol. The zero-order valence-electron chi connectivity index (χ0n) is 76.6. The van der Waals surface area contributed by atoms with Crippen LogP contribution in [0.15, 0.2) is 72.8 Å². The Bertz CT molecular complexity index is 3450. The fraction of sp³-hybridized carbons (Fsp3) is 0.625. The summed E-state index contributed by atoms with van der Waals surface area (Å²) in [6.07, 6.45) is 0. The Morgan fingerprint density at radius 3 is 0.440 bits per heavy atom. The summed E-state index contributed by atoms with van der Waals surface area (Å²) in [5, 5.41) is 0. The molecule has 0 aromatic heterocycles. The first-order chi connectivity index (χ1) is 49.1. The lowest BCUT2D eigenvalue weighted by Crippen LogP contribution is -2.34. The smallest absolute Gasteiger partial charge is 0.417 e. The molecule has 0 saturated heterocycles. The molecule has 0 atom stereocenters. The van der Waals surface area contributed by atoms with Crippen LogP contribution in [0.1, 0.15) is 349 Å². The van der Waals surface area contributed by atoms with Crippen molar-refractivity contribution in [1.29, 1.82) is 0 Å². The first kappa shape index (κ1) is 93.1. The minimum Gasteiger partial charge on any atom is -0.417 e. The van der Waals surface area contributed by atoms with Crippen molar-refractivity contribution in [2.75, 3.05) is 39.5 Å². The molecule has 608 valence electrons. The molecule has 6 rings (SSSR count). The lowest BCUT2D eigenvalue weighted by molar-refractivity contribution is 0.141. The quantitative estimate of drug-likeness (QED) is 0.0546. The highest BCUT2D eigenvalue weighted by atomic mass is 31.2. The van der Waals surface area contributed by atoms with E-state index in [0.29, 0.717) is 19.6 Å². The number of hydrogen-bond donors (Lipinski definition) is 0. The molecule has 0 saturated carbocycles. The third kappa shape index (κ3) is 25.1. The molecule has 0 aliphatic heterocycles. The van der Waals surface area contributed by atoms with Crippen molar-refractivity contribution in [2.24, 2.45) is 0 Å². The van der Waals surface area contributed by atoms with Gasteiger partial charge in [0.15, 0.2) is 0 Å². The van der Waals surface area contributed by atoms with Crippen LogP contribution in [0.25, 0.3) is 0 Å². The summed E-state index contributed by atoms with van der Waals surface area (Å²) in [7, 11) is -6.32. The van der Waals surface area contributed by atoms with E-state index in [4.69, 9.17) is 40.7 Å². The third-order valence-corrected chi connectivity index (χ3v) is 23.7. The van der Waals surface area contributed by atoms with Crippen molar-refractivity contribution in [3.63, 3.8) is 0 Å². The Labute approximate surface area is 670 Å². The van der Waals surface area contributed by atoms with E-state index >= 15 is 0 Å². The van der Waals surface area contributed by atoms with Gasteiger partial charge >= 0.3 is 25.8 Å². The Balaban J connectivity index is 1.56. The maximum absolute atomic E-state index is 7.40. The maximum atomic E-state index is 7.40. The third-order valence-electron chi connectivity index (χ3n) is 20.5. The number of rotatable bonds is 24. The molecule has 13 heteroatoms. The topological polar surface area (TPSA) is 86.3 Å². The second kappa shape index (κ2) is 34.0. The minimum absolute atomic E-state index is 0.0969. The van der Waals surface area contributed by atoms with Crippen LogP contribution in [0, 0.1) is 41.5 Å². The van der Waals surface area contributed by atoms with Crippen molar-refractivity contribution in [3.8, 4) is 34.5 Å². The second-order valence-electron chi connectivity index (χ2n) is 43.6. The van der Waals surface area contributed by atoms with E-state index in [1.165, 1.54) is 33.4 Å². The van der Waals surface area contributed by atoms with E-state index in [1.54, 1.807) is 0 Å². The lowest BCUT2D eigenvalue weighted by Gasteiger charge is -2.32. The highest BCUT2D eigenvalue weighted by molar-refractivity contribution is 7.43. The zero-order chi connectivity index (χ0) is 83.3. The van der Waals surface area contributed by atoms with Crippen LogP contribution in [0.5, 0.6) is 34.5 Å². The highest BCUT2D eigenvalue weighted by Crippen LogP contribution is 2.55. The molecule has 0 N–H and O–H groups in total. The van der Waals surface area contributed by atoms with Crippen LogP contribution in [0.2, 0.25) is 0 Å². The van der Waals surface area contributed by atoms with Crippen molar-refractivity contribution in [3.05, 3.63) is 173 Å². The zero-order valence-corrected chi connectivity index (χ0v) is 79.3. The molecule has 0 unspecified atom stereocenters. The summed E-state index contributed by atoms with van der Waals surface area (Å²) in [5.74, 6) is 4.67. The molecule has 6 aromatic rings. The molecule has 0 aliphatic rings. The van der Waals surface area contributed by atoms with E-state index in [2.05, 4.69) is 368 Å². The van der Waals surface area contributed by atoms with Gasteiger partial charge in [-0.3, -0.25) is 18.5 Å². The number of hydrogen-bond acceptors (Lipinski definition) is 10. The van der Waals surface area contributed by atoms with E-state index < -0.39 is 25.8 Å². The van der Waals surface area contributed by atoms with E-state index in [9.17, 15) is 0 Å². The van der Waals surface area contributed by atoms with Gasteiger partial charge in [-0.2, -0.15) is 0 Å². The fourth-order valence-electron chi connectivity index (χ4n) is 13.0. The summed E-state index contributed by atoms with van der Waals surface area (Å²) < 4.78 is 66.2. The standard InChI is InChI=1S/C96H150NO9P3/c1-61-49-67(85(7,8)9)55-73(91(25,26)27)79(61)101-107(102-80-62(2)50-68(86(10,11)12)56-74(80)92(28,29)30)98-46-43-97(44-47-99-108(103-81-63(3)51-69(87(13,14)15)57-75(81)93(31,32)33)104-82-64(4)52-70(88(16,17)18)58-76(82)94(34,35)36)45-48-100-109(105-83-65(5)53-71(89(19,20)21)59-77(83)95(37,38)39)106-84-66(6)54-72(90(22,23)24)60-78(84)96(40,41)42/h49-60H,43-48H2,1-42H3. The average molecular weight is 1560 g/mol. The van der Waals surface area contributed by atoms with E-state index in [-0.39, 0.29) is 84.8 Å². The van der Waals surface area contributed by atoms with Crippen LogP contribution in [0.3, 0.4) is 0 Å². The van der Waals surface area contributed by atoms with Gasteiger partial charge in [-0.15, -0.1) is 0 Å². The van der Waals surface area contributed by atoms with Gasteiger partial charge in [0.25, 0.3) is 0 Å². The predicted octanol–water partition coefficient (Wildman–Crippen LogP) is 28.9. The number of nitrogens with zero attached hydrogens (tertiary/aromatic N) is 1. The molecule has 0 fully saturated rings. The average Bonchev–Trinajstić information content (AvgIpc) is 0.789. The monoisotopic (exact) mass is 1550 g/mol. The highest BCUT2D eigenvalue weighted by Gasteiger charge is 2.38. The normalized spacial score (nSPS) is 13.7. The molecule has 0 bridgehead atoms. The van der Waals surface area contributed by atoms with Gasteiger partial charge < -0.3 is 27.1 Å². The summed E-state index contributed by atoms with van der Waals surface area (Å²) in [6.45, 7) is 96.4. The summed E-state index contributed by atoms with van der Waals surface area (Å²) in [5.41, 5.74) is 18.0. The molecule has 10 nitrogen and oxygen atoms in total. The fourth-order valence-corrected chi connectivity index (χ4v) is 16.5. The van der Waals surface area contributed by atoms with Crippen molar-refractivity contribution in [2.45, 2.75) is 356 Å². The van der Waals surface area contributed by atoms with Crippen LogP contribution in [-0.2, 0) is 78.6 Å². The number of aryl methyl sites for hydroxylation is 6. The summed E-state index contributed by atoms with van der Waals surface area (Å²) >= 11 is 0. The summed E-state index contributed by atoms with van der Waals surface area (Å²) in [4.78, 5) is 2.34. The van der Waals surface area contributed by atoms with Gasteiger partial charge in [0, 0.05) is 53.0 Å². The largest absolute Gasteiger partial charge is 0.463 e. The second-order valence-corrected chi connectivity index (χ2v) is 46.8. The Morgan fingerprint density at radius 2 is 0.330 bits per heavy atom. The van der Waals surface area contributed by atoms with Crippen LogP contribution in [0.4, 0.5) is 0 Å². The van der Waals surface area contributed by atoms with E-state index in [0.717, 1.165) is 101 Å². The Hall–Kier alpha value is -4.75. The molecule has 0 aliphatic carbocycles. The molecule has 109 heavy (non-hydrogen) atoms. The SMILES string of the molecule is Cc1cc(C(C)(C)C)cc(C(C)(C)C)c1OP(OCCN(CCOP(Oc1c(C)cc(C(C)(C)C)cc1C(C)(C)C)Oc1c(C)cc(C(C)(C)C)cc1C(C)(C)C)CCOP(Oc1c(C)cc(C(C)(C)C)cc1C(C)(C)C)Oc1c(C)cc(C(C)(C)C)cc1C(C)(C)C)Oc1c(C)cc(C(C)(C)C)cc1C(C)(C)C. The molecular formula is C96H150NO9P3. The molecule has 0 amide bonds. The van der Waals surface area contributed by atoms with Gasteiger partial charge in [0.2, 0.25) is 0 Å². The molecule has 6 aromatic carbocycles. The maximum Gasteiger partial charge on any atom is 0.463 e. The van der Waals surface area contributed by atoms with Crippen molar-refractivity contribution >= 4 is 25.8 Å². The van der Waals surface area contributed by atoms with E-state index in [1.807, 2.05) is 0 Å². The lowest BCUT2D eigenvalue weighted by atomic mass is 9.79. The molecular weight excluding hydrogens is 1400 g/mol. The van der Waals surface area contributed by atoms with Crippen molar-refractivity contribution in [1.82, 2.24) is 4.90 Å². The van der Waals surface area contributed by atoms with Gasteiger partial charge in [-0.05, 0) is 173 Å². The molecule has 0 heterocycles. The minimum atomic E-state index is -2.11. The Morgan fingerprint density at radius 1 is 0.202 bits per heavy atom. The first-order valence-electron chi connectivity index (χ1n) is 40.1. The van der Waals surface area contributed by atoms with Crippen LogP contribution >= 0.6 is 25.8 Å². The van der Waals surface area contributed by atoms with Crippen LogP contribution in [-0.4, -0.2) is 44.4 Å². The first-order valence-corrected chi connectivity index (χ1v) is 43.4. The van der Waals surface area contributed by atoms with Gasteiger partial charge in [0.1, 0.15) is 34.5 Å². The van der Waals surface area contributed by atoms with Gasteiger partial charge in [-0.25, -0.2) is 0 Å². The molecule has 0 radical (unpaired) electrons. The number of benzene rings is 6. The van der Waals surface area contributed by atoms with Gasteiger partial charge in [0.05, 0.1) is 19.8 Å².